The molecule has 0 saturated heterocycles. The van der Waals surface area contributed by atoms with Crippen molar-refractivity contribution in [3.05, 3.63) is 46.1 Å². The van der Waals surface area contributed by atoms with Crippen LogP contribution in [0, 0.1) is 12.7 Å². The van der Waals surface area contributed by atoms with Crippen molar-refractivity contribution in [1.29, 1.82) is 0 Å². The lowest BCUT2D eigenvalue weighted by Crippen LogP contribution is -2.00. The molecule has 1 aliphatic carbocycles. The van der Waals surface area contributed by atoms with Gasteiger partial charge < -0.3 is 5.32 Å². The molecule has 1 aliphatic rings. The molecule has 3 nitrogen and oxygen atoms in total. The Balaban J connectivity index is 1.87. The highest BCUT2D eigenvalue weighted by molar-refractivity contribution is 9.10. The second-order valence-electron chi connectivity index (χ2n) is 4.80. The van der Waals surface area contributed by atoms with E-state index in [0.29, 0.717) is 23.0 Å². The summed E-state index contributed by atoms with van der Waals surface area (Å²) in [4.78, 5) is 8.83. The summed E-state index contributed by atoms with van der Waals surface area (Å²) in [7, 11) is 0. The molecule has 0 unspecified atom stereocenters. The number of benzene rings is 1. The predicted molar refractivity (Wildman–Crippen MR) is 76.1 cm³/mol. The zero-order chi connectivity index (χ0) is 13.4. The third kappa shape index (κ3) is 2.92. The van der Waals surface area contributed by atoms with Crippen LogP contribution < -0.4 is 5.32 Å². The Morgan fingerprint density at radius 2 is 2.05 bits per heavy atom. The van der Waals surface area contributed by atoms with Gasteiger partial charge in [0.2, 0.25) is 0 Å². The van der Waals surface area contributed by atoms with Crippen LogP contribution in [0.25, 0.3) is 0 Å². The molecule has 2 aromatic rings. The van der Waals surface area contributed by atoms with Gasteiger partial charge in [0.05, 0.1) is 0 Å². The molecule has 3 rings (SSSR count). The first-order chi connectivity index (χ1) is 9.11. The van der Waals surface area contributed by atoms with Gasteiger partial charge in [0.1, 0.15) is 22.1 Å². The van der Waals surface area contributed by atoms with Crippen LogP contribution in [0.3, 0.4) is 0 Å². The highest BCUT2D eigenvalue weighted by Gasteiger charge is 2.27. The molecule has 0 spiro atoms. The van der Waals surface area contributed by atoms with Crippen molar-refractivity contribution in [1.82, 2.24) is 9.97 Å². The van der Waals surface area contributed by atoms with Crippen LogP contribution in [-0.2, 0) is 0 Å². The SMILES string of the molecule is Cc1ccc(Nc2cc(Br)nc(C3CC3)n2)cc1F. The first kappa shape index (κ1) is 12.5. The molecule has 0 radical (unpaired) electrons. The normalized spacial score (nSPS) is 14.5. The van der Waals surface area contributed by atoms with Crippen LogP contribution in [0.4, 0.5) is 15.9 Å². The number of halogens is 2. The van der Waals surface area contributed by atoms with Crippen molar-refractivity contribution in [2.45, 2.75) is 25.7 Å². The number of nitrogens with one attached hydrogen (secondary N) is 1. The Kier molecular flexibility index (Phi) is 3.22. The third-order valence-electron chi connectivity index (χ3n) is 3.10. The topological polar surface area (TPSA) is 37.8 Å². The molecule has 0 bridgehead atoms. The minimum Gasteiger partial charge on any atom is -0.340 e. The molecule has 1 aromatic carbocycles. The Morgan fingerprint density at radius 1 is 1.26 bits per heavy atom. The lowest BCUT2D eigenvalue weighted by molar-refractivity contribution is 0.619. The molecule has 1 aromatic heterocycles. The van der Waals surface area contributed by atoms with E-state index < -0.39 is 0 Å². The van der Waals surface area contributed by atoms with Gasteiger partial charge in [-0.25, -0.2) is 14.4 Å². The molecular weight excluding hydrogens is 309 g/mol. The van der Waals surface area contributed by atoms with Crippen molar-refractivity contribution in [3.8, 4) is 0 Å². The zero-order valence-electron chi connectivity index (χ0n) is 10.5. The smallest absolute Gasteiger partial charge is 0.135 e. The quantitative estimate of drug-likeness (QED) is 0.856. The molecule has 5 heteroatoms. The first-order valence-electron chi connectivity index (χ1n) is 6.19. The zero-order valence-corrected chi connectivity index (χ0v) is 12.0. The number of nitrogens with zero attached hydrogens (tertiary/aromatic N) is 2. The molecule has 0 atom stereocenters. The molecule has 98 valence electrons. The number of hydrogen-bond donors (Lipinski definition) is 1. The second-order valence-corrected chi connectivity index (χ2v) is 5.61. The first-order valence-corrected chi connectivity index (χ1v) is 6.99. The maximum atomic E-state index is 13.5. The van der Waals surface area contributed by atoms with E-state index in [9.17, 15) is 4.39 Å². The summed E-state index contributed by atoms with van der Waals surface area (Å²) in [6, 6.07) is 6.85. The minimum absolute atomic E-state index is 0.222. The fraction of sp³-hybridized carbons (Fsp3) is 0.286. The van der Waals surface area contributed by atoms with Crippen molar-refractivity contribution in [2.24, 2.45) is 0 Å². The molecule has 0 aliphatic heterocycles. The van der Waals surface area contributed by atoms with E-state index in [2.05, 4.69) is 31.2 Å². The Labute approximate surface area is 119 Å². The van der Waals surface area contributed by atoms with Gasteiger partial charge in [0.15, 0.2) is 0 Å². The van der Waals surface area contributed by atoms with E-state index in [4.69, 9.17) is 0 Å². The van der Waals surface area contributed by atoms with Gasteiger partial charge in [-0.05, 0) is 53.4 Å². The van der Waals surface area contributed by atoms with Crippen LogP contribution >= 0.6 is 15.9 Å². The Morgan fingerprint density at radius 3 is 2.74 bits per heavy atom. The standard InChI is InChI=1S/C14H13BrFN3/c1-8-2-5-10(6-11(8)16)17-13-7-12(15)18-14(19-13)9-3-4-9/h2,5-7,9H,3-4H2,1H3,(H,17,18,19). The van der Waals surface area contributed by atoms with Gasteiger partial charge in [-0.15, -0.1) is 0 Å². The van der Waals surface area contributed by atoms with E-state index in [1.54, 1.807) is 19.1 Å². The van der Waals surface area contributed by atoms with Crippen LogP contribution in [-0.4, -0.2) is 9.97 Å². The number of aryl methyl sites for hydroxylation is 1. The number of hydrogen-bond acceptors (Lipinski definition) is 3. The van der Waals surface area contributed by atoms with E-state index in [1.165, 1.54) is 6.07 Å². The van der Waals surface area contributed by atoms with E-state index in [1.807, 2.05) is 6.07 Å². The summed E-state index contributed by atoms with van der Waals surface area (Å²) in [5, 5.41) is 3.11. The highest BCUT2D eigenvalue weighted by Crippen LogP contribution is 2.39. The fourth-order valence-electron chi connectivity index (χ4n) is 1.84. The fourth-order valence-corrected chi connectivity index (χ4v) is 2.24. The van der Waals surface area contributed by atoms with E-state index in [0.717, 1.165) is 23.3 Å². The van der Waals surface area contributed by atoms with Crippen molar-refractivity contribution in [3.63, 3.8) is 0 Å². The summed E-state index contributed by atoms with van der Waals surface area (Å²) in [5.74, 6) is 1.80. The molecule has 0 amide bonds. The lowest BCUT2D eigenvalue weighted by atomic mass is 10.2. The Bertz CT molecular complexity index is 626. The average Bonchev–Trinajstić information content (AvgIpc) is 3.17. The average molecular weight is 322 g/mol. The van der Waals surface area contributed by atoms with Crippen molar-refractivity contribution >= 4 is 27.4 Å². The molecule has 1 N–H and O–H groups in total. The summed E-state index contributed by atoms with van der Waals surface area (Å²) < 4.78 is 14.2. The van der Waals surface area contributed by atoms with Crippen molar-refractivity contribution in [2.75, 3.05) is 5.32 Å². The maximum absolute atomic E-state index is 13.5. The van der Waals surface area contributed by atoms with Gasteiger partial charge >= 0.3 is 0 Å². The molecule has 1 fully saturated rings. The number of rotatable bonds is 3. The van der Waals surface area contributed by atoms with Crippen molar-refractivity contribution < 1.29 is 4.39 Å². The minimum atomic E-state index is -0.222. The van der Waals surface area contributed by atoms with Gasteiger partial charge in [-0.1, -0.05) is 6.07 Å². The van der Waals surface area contributed by atoms with Gasteiger partial charge in [-0.3, -0.25) is 0 Å². The van der Waals surface area contributed by atoms with Crippen LogP contribution in [0.15, 0.2) is 28.9 Å². The highest BCUT2D eigenvalue weighted by atomic mass is 79.9. The van der Waals surface area contributed by atoms with Crippen LogP contribution in [0.5, 0.6) is 0 Å². The largest absolute Gasteiger partial charge is 0.340 e. The maximum Gasteiger partial charge on any atom is 0.135 e. The molecular formula is C14H13BrFN3. The predicted octanol–water partition coefficient (Wildman–Crippen LogP) is 4.31. The Hall–Kier alpha value is -1.49. The van der Waals surface area contributed by atoms with Gasteiger partial charge in [0, 0.05) is 17.7 Å². The molecule has 1 heterocycles. The summed E-state index contributed by atoms with van der Waals surface area (Å²) in [6.45, 7) is 1.74. The van der Waals surface area contributed by atoms with Gasteiger partial charge in [0.25, 0.3) is 0 Å². The number of anilines is 2. The second kappa shape index (κ2) is 4.89. The molecule has 1 saturated carbocycles. The summed E-state index contributed by atoms with van der Waals surface area (Å²) in [6.07, 6.45) is 2.30. The summed E-state index contributed by atoms with van der Waals surface area (Å²) >= 11 is 3.38. The van der Waals surface area contributed by atoms with Gasteiger partial charge in [-0.2, -0.15) is 0 Å². The molecule has 19 heavy (non-hydrogen) atoms. The number of aromatic nitrogens is 2. The van der Waals surface area contributed by atoms with Crippen LogP contribution in [0.2, 0.25) is 0 Å². The lowest BCUT2D eigenvalue weighted by Gasteiger charge is -2.08. The van der Waals surface area contributed by atoms with E-state index >= 15 is 0 Å². The summed E-state index contributed by atoms with van der Waals surface area (Å²) in [5.41, 5.74) is 1.32. The van der Waals surface area contributed by atoms with E-state index in [-0.39, 0.29) is 5.82 Å². The van der Waals surface area contributed by atoms with Crippen LogP contribution in [0.1, 0.15) is 30.1 Å². The monoisotopic (exact) mass is 321 g/mol. The third-order valence-corrected chi connectivity index (χ3v) is 3.51.